The van der Waals surface area contributed by atoms with Crippen molar-refractivity contribution in [2.75, 3.05) is 13.2 Å². The number of ether oxygens (including phenoxy) is 2. The number of aliphatic hydroxyl groups excluding tert-OH is 2. The Bertz CT molecular complexity index is 623. The van der Waals surface area contributed by atoms with Gasteiger partial charge in [-0.2, -0.15) is 0 Å². The van der Waals surface area contributed by atoms with Crippen LogP contribution in [0.4, 0.5) is 0 Å². The van der Waals surface area contributed by atoms with E-state index in [1.807, 2.05) is 0 Å². The first-order chi connectivity index (χ1) is 11.5. The predicted octanol–water partition coefficient (Wildman–Crippen LogP) is 0.886. The first-order valence-electron chi connectivity index (χ1n) is 7.30. The first kappa shape index (κ1) is 19.2. The normalized spacial score (nSPS) is 11.8. The number of rotatable bonds is 4. The van der Waals surface area contributed by atoms with E-state index < -0.39 is 24.1 Å². The summed E-state index contributed by atoms with van der Waals surface area (Å²) in [5.74, 6) is 7.67. The Morgan fingerprint density at radius 3 is 1.50 bits per heavy atom. The second-order valence-corrected chi connectivity index (χ2v) is 4.45. The Kier molecular flexibility index (Phi) is 8.07. The molecule has 126 valence electrons. The van der Waals surface area contributed by atoms with Gasteiger partial charge in [-0.1, -0.05) is 36.1 Å². The maximum Gasteiger partial charge on any atom is 0.384 e. The minimum absolute atomic E-state index is 0.211. The zero-order valence-corrected chi connectivity index (χ0v) is 13.4. The van der Waals surface area contributed by atoms with Crippen LogP contribution in [0.5, 0.6) is 0 Å². The molecule has 0 aliphatic heterocycles. The molecule has 1 rings (SSSR count). The lowest BCUT2D eigenvalue weighted by molar-refractivity contribution is -0.137. The Hall–Kier alpha value is -2.80. The summed E-state index contributed by atoms with van der Waals surface area (Å²) in [5, 5.41) is 19.7. The molecular formula is C18H18O6. The molecule has 0 aliphatic carbocycles. The monoisotopic (exact) mass is 330 g/mol. The van der Waals surface area contributed by atoms with Gasteiger partial charge in [0.25, 0.3) is 0 Å². The van der Waals surface area contributed by atoms with E-state index >= 15 is 0 Å². The van der Waals surface area contributed by atoms with Gasteiger partial charge in [0, 0.05) is 11.8 Å². The van der Waals surface area contributed by atoms with Gasteiger partial charge in [-0.15, -0.1) is 0 Å². The van der Waals surface area contributed by atoms with Crippen molar-refractivity contribution in [2.45, 2.75) is 26.1 Å². The average molecular weight is 330 g/mol. The quantitative estimate of drug-likeness (QED) is 0.484. The van der Waals surface area contributed by atoms with Gasteiger partial charge in [0.15, 0.2) is 0 Å². The topological polar surface area (TPSA) is 93.1 Å². The summed E-state index contributed by atoms with van der Waals surface area (Å²) in [5.41, 5.74) is 0.891. The van der Waals surface area contributed by atoms with Crippen LogP contribution in [0.15, 0.2) is 24.3 Å². The summed E-state index contributed by atoms with van der Waals surface area (Å²) < 4.78 is 9.27. The highest BCUT2D eigenvalue weighted by Gasteiger charge is 2.08. The van der Waals surface area contributed by atoms with Gasteiger partial charge in [-0.3, -0.25) is 0 Å². The molecule has 0 bridgehead atoms. The van der Waals surface area contributed by atoms with Crippen molar-refractivity contribution in [2.24, 2.45) is 0 Å². The third kappa shape index (κ3) is 6.53. The highest BCUT2D eigenvalue weighted by atomic mass is 16.5. The molecule has 0 aliphatic rings. The molecule has 0 fully saturated rings. The number of hydrogen-bond donors (Lipinski definition) is 2. The summed E-state index contributed by atoms with van der Waals surface area (Å²) in [6.45, 7) is 3.74. The van der Waals surface area contributed by atoms with Crippen molar-refractivity contribution < 1.29 is 29.3 Å². The molecule has 2 atom stereocenters. The average Bonchev–Trinajstić information content (AvgIpc) is 2.58. The maximum absolute atomic E-state index is 11.1. The van der Waals surface area contributed by atoms with Crippen LogP contribution in [0.2, 0.25) is 0 Å². The van der Waals surface area contributed by atoms with Crippen LogP contribution in [0, 0.1) is 23.7 Å². The molecule has 0 spiro atoms. The molecule has 2 N–H and O–H groups in total. The van der Waals surface area contributed by atoms with Gasteiger partial charge in [-0.05, 0) is 25.0 Å². The Morgan fingerprint density at radius 2 is 1.21 bits per heavy atom. The van der Waals surface area contributed by atoms with Crippen molar-refractivity contribution in [1.29, 1.82) is 0 Å². The summed E-state index contributed by atoms with van der Waals surface area (Å²) in [6.07, 6.45) is -2.32. The molecule has 6 nitrogen and oxygen atoms in total. The summed E-state index contributed by atoms with van der Waals surface area (Å²) >= 11 is 0. The number of aliphatic hydroxyl groups is 2. The van der Waals surface area contributed by atoms with E-state index in [4.69, 9.17) is 0 Å². The van der Waals surface area contributed by atoms with Gasteiger partial charge < -0.3 is 19.7 Å². The van der Waals surface area contributed by atoms with Crippen molar-refractivity contribution in [1.82, 2.24) is 0 Å². The van der Waals surface area contributed by atoms with E-state index in [0.717, 1.165) is 0 Å². The van der Waals surface area contributed by atoms with Crippen LogP contribution in [0.3, 0.4) is 0 Å². The van der Waals surface area contributed by atoms with E-state index in [-0.39, 0.29) is 13.2 Å². The van der Waals surface area contributed by atoms with E-state index in [9.17, 15) is 19.8 Å². The number of esters is 2. The minimum atomic E-state index is -1.16. The molecule has 1 aromatic rings. The third-order valence-electron chi connectivity index (χ3n) is 2.74. The highest BCUT2D eigenvalue weighted by molar-refractivity contribution is 5.88. The summed E-state index contributed by atoms with van der Waals surface area (Å²) in [4.78, 5) is 22.2. The second-order valence-electron chi connectivity index (χ2n) is 4.45. The van der Waals surface area contributed by atoms with Crippen LogP contribution in [-0.2, 0) is 19.1 Å². The Labute approximate surface area is 140 Å². The van der Waals surface area contributed by atoms with Crippen molar-refractivity contribution in [3.63, 3.8) is 0 Å². The summed E-state index contributed by atoms with van der Waals surface area (Å²) in [7, 11) is 0. The molecule has 0 amide bonds. The van der Waals surface area contributed by atoms with Gasteiger partial charge in [-0.25, -0.2) is 9.59 Å². The molecular weight excluding hydrogens is 312 g/mol. The molecule has 0 heterocycles. The molecule has 2 unspecified atom stereocenters. The summed E-state index contributed by atoms with van der Waals surface area (Å²) in [6, 6.07) is 6.15. The first-order valence-corrected chi connectivity index (χ1v) is 7.30. The smallest absolute Gasteiger partial charge is 0.384 e. The minimum Gasteiger partial charge on any atom is -0.456 e. The maximum atomic E-state index is 11.1. The van der Waals surface area contributed by atoms with Crippen molar-refractivity contribution in [3.8, 4) is 23.7 Å². The number of benzene rings is 1. The van der Waals surface area contributed by atoms with Crippen LogP contribution in [0.25, 0.3) is 0 Å². The third-order valence-corrected chi connectivity index (χ3v) is 2.74. The van der Waals surface area contributed by atoms with E-state index in [2.05, 4.69) is 33.2 Å². The zero-order chi connectivity index (χ0) is 17.9. The van der Waals surface area contributed by atoms with Crippen LogP contribution in [-0.4, -0.2) is 35.4 Å². The molecule has 24 heavy (non-hydrogen) atoms. The Balaban J connectivity index is 2.74. The van der Waals surface area contributed by atoms with Crippen LogP contribution >= 0.6 is 0 Å². The fourth-order valence-corrected chi connectivity index (χ4v) is 1.62. The molecule has 6 heteroatoms. The molecule has 0 radical (unpaired) electrons. The number of hydrogen-bond acceptors (Lipinski definition) is 6. The lowest BCUT2D eigenvalue weighted by Gasteiger charge is -2.07. The van der Waals surface area contributed by atoms with Crippen molar-refractivity contribution in [3.05, 3.63) is 35.4 Å². The standard InChI is InChI=1S/C18H18O6/c1-3-23-17(21)11-9-15(19)13-5-7-14(8-6-13)16(20)10-12-18(22)24-4-2/h5-8,15-16,19-20H,3-4H2,1-2H3. The zero-order valence-electron chi connectivity index (χ0n) is 13.4. The fourth-order valence-electron chi connectivity index (χ4n) is 1.62. The van der Waals surface area contributed by atoms with E-state index in [1.54, 1.807) is 13.8 Å². The van der Waals surface area contributed by atoms with Gasteiger partial charge in [0.1, 0.15) is 12.2 Å². The highest BCUT2D eigenvalue weighted by Crippen LogP contribution is 2.17. The van der Waals surface area contributed by atoms with Crippen molar-refractivity contribution >= 4 is 11.9 Å². The molecule has 0 aromatic heterocycles. The van der Waals surface area contributed by atoms with Gasteiger partial charge in [0.05, 0.1) is 13.2 Å². The largest absolute Gasteiger partial charge is 0.456 e. The molecule has 0 saturated carbocycles. The van der Waals surface area contributed by atoms with Gasteiger partial charge >= 0.3 is 11.9 Å². The van der Waals surface area contributed by atoms with E-state index in [1.165, 1.54) is 24.3 Å². The predicted molar refractivity (Wildman–Crippen MR) is 85.2 cm³/mol. The SMILES string of the molecule is CCOC(=O)C#CC(O)c1ccc(C(O)C#CC(=O)OCC)cc1. The van der Waals surface area contributed by atoms with Crippen LogP contribution in [0.1, 0.15) is 37.2 Å². The lowest BCUT2D eigenvalue weighted by Crippen LogP contribution is -2.02. The van der Waals surface area contributed by atoms with E-state index in [0.29, 0.717) is 11.1 Å². The fraction of sp³-hybridized carbons (Fsp3) is 0.333. The van der Waals surface area contributed by atoms with Crippen LogP contribution < -0.4 is 0 Å². The Morgan fingerprint density at radius 1 is 0.875 bits per heavy atom. The number of carbonyl (C=O) groups excluding carboxylic acids is 2. The second kappa shape index (κ2) is 10.1. The molecule has 1 aromatic carbocycles. The molecule has 0 saturated heterocycles. The number of carbonyl (C=O) groups is 2. The lowest BCUT2D eigenvalue weighted by atomic mass is 10.0. The van der Waals surface area contributed by atoms with Gasteiger partial charge in [0.2, 0.25) is 0 Å².